The Labute approximate surface area is 92.2 Å². The molecule has 0 aromatic heterocycles. The van der Waals surface area contributed by atoms with Crippen LogP contribution in [0.1, 0.15) is 32.3 Å². The van der Waals surface area contributed by atoms with Crippen LogP contribution in [0.2, 0.25) is 0 Å². The van der Waals surface area contributed by atoms with E-state index in [2.05, 4.69) is 13.8 Å². The highest BCUT2D eigenvalue weighted by Gasteiger charge is 2.02. The number of unbranched alkanes of at least 4 members (excludes halogenated alkanes) is 1. The van der Waals surface area contributed by atoms with Gasteiger partial charge in [0, 0.05) is 0 Å². The first-order valence-corrected chi connectivity index (χ1v) is 5.42. The maximum atomic E-state index is 5.57. The highest BCUT2D eigenvalue weighted by molar-refractivity contribution is 5.28. The Morgan fingerprint density at radius 1 is 1.27 bits per heavy atom. The molecule has 1 atom stereocenters. The van der Waals surface area contributed by atoms with Crippen LogP contribution in [-0.4, -0.2) is 12.9 Å². The molecule has 0 amide bonds. The van der Waals surface area contributed by atoms with Crippen molar-refractivity contribution in [2.45, 2.75) is 33.0 Å². The molecule has 0 aliphatic carbocycles. The molecule has 1 rings (SSSR count). The smallest absolute Gasteiger partial charge is 0.196 e. The largest absolute Gasteiger partial charge is 0.465 e. The van der Waals surface area contributed by atoms with Crippen LogP contribution in [-0.2, 0) is 4.74 Å². The van der Waals surface area contributed by atoms with E-state index >= 15 is 0 Å². The minimum atomic E-state index is -0.188. The van der Waals surface area contributed by atoms with Gasteiger partial charge in [-0.05, 0) is 38.0 Å². The Morgan fingerprint density at radius 2 is 1.93 bits per heavy atom. The zero-order valence-electron chi connectivity index (χ0n) is 9.53. The number of ether oxygens (including phenoxy) is 2. The molecule has 0 bridgehead atoms. The van der Waals surface area contributed by atoms with Crippen LogP contribution in [0.3, 0.4) is 0 Å². The van der Waals surface area contributed by atoms with E-state index in [1.165, 1.54) is 0 Å². The fraction of sp³-hybridized carbons (Fsp3) is 0.462. The van der Waals surface area contributed by atoms with Gasteiger partial charge in [-0.15, -0.1) is 0 Å². The summed E-state index contributed by atoms with van der Waals surface area (Å²) < 4.78 is 11.0. The summed E-state index contributed by atoms with van der Waals surface area (Å²) in [6, 6.07) is 7.66. The standard InChI is InChI=1S/C13H19O2/c1-4-5-10-14-12(3)15-13-8-6-11(2)7-9-13/h6-9,12H,2,4-5,10H2,1,3H3. The van der Waals surface area contributed by atoms with Gasteiger partial charge in [0.2, 0.25) is 0 Å². The average molecular weight is 207 g/mol. The molecule has 1 unspecified atom stereocenters. The quantitative estimate of drug-likeness (QED) is 0.525. The van der Waals surface area contributed by atoms with E-state index in [4.69, 9.17) is 9.47 Å². The van der Waals surface area contributed by atoms with Crippen molar-refractivity contribution in [3.8, 4) is 5.75 Å². The van der Waals surface area contributed by atoms with E-state index < -0.39 is 0 Å². The second-order valence-corrected chi connectivity index (χ2v) is 3.55. The van der Waals surface area contributed by atoms with Gasteiger partial charge in [0.1, 0.15) is 5.75 Å². The van der Waals surface area contributed by atoms with E-state index in [0.29, 0.717) is 0 Å². The molecule has 0 N–H and O–H groups in total. The normalized spacial score (nSPS) is 12.5. The predicted molar refractivity (Wildman–Crippen MR) is 61.9 cm³/mol. The monoisotopic (exact) mass is 207 g/mol. The molecule has 1 aromatic rings. The lowest BCUT2D eigenvalue weighted by Crippen LogP contribution is -2.16. The summed E-state index contributed by atoms with van der Waals surface area (Å²) in [5.41, 5.74) is 0.988. The van der Waals surface area contributed by atoms with Crippen molar-refractivity contribution in [1.29, 1.82) is 0 Å². The van der Waals surface area contributed by atoms with Crippen LogP contribution in [0.15, 0.2) is 24.3 Å². The summed E-state index contributed by atoms with van der Waals surface area (Å²) in [7, 11) is 0. The van der Waals surface area contributed by atoms with E-state index in [1.54, 1.807) is 0 Å². The fourth-order valence-corrected chi connectivity index (χ4v) is 1.19. The van der Waals surface area contributed by atoms with Gasteiger partial charge in [0.25, 0.3) is 0 Å². The van der Waals surface area contributed by atoms with Gasteiger partial charge in [0.15, 0.2) is 6.29 Å². The Morgan fingerprint density at radius 3 is 2.53 bits per heavy atom. The Hall–Kier alpha value is -1.02. The number of benzene rings is 1. The third-order valence-electron chi connectivity index (χ3n) is 2.08. The molecule has 0 aliphatic heterocycles. The lowest BCUT2D eigenvalue weighted by atomic mass is 10.2. The maximum absolute atomic E-state index is 5.57. The van der Waals surface area contributed by atoms with Crippen molar-refractivity contribution in [1.82, 2.24) is 0 Å². The first-order chi connectivity index (χ1) is 7.22. The molecule has 1 aromatic carbocycles. The van der Waals surface area contributed by atoms with Gasteiger partial charge in [-0.2, -0.15) is 0 Å². The minimum Gasteiger partial charge on any atom is -0.465 e. The molecule has 0 fully saturated rings. The Bertz CT molecular complexity index is 266. The molecule has 15 heavy (non-hydrogen) atoms. The lowest BCUT2D eigenvalue weighted by molar-refractivity contribution is -0.0673. The molecule has 0 saturated heterocycles. The molecular formula is C13H19O2. The molecule has 1 radical (unpaired) electrons. The van der Waals surface area contributed by atoms with Crippen molar-refractivity contribution in [3.63, 3.8) is 0 Å². The van der Waals surface area contributed by atoms with Crippen LogP contribution in [0.25, 0.3) is 0 Å². The Kier molecular flexibility index (Phi) is 5.19. The second kappa shape index (κ2) is 6.46. The van der Waals surface area contributed by atoms with Crippen molar-refractivity contribution < 1.29 is 9.47 Å². The van der Waals surface area contributed by atoms with Crippen molar-refractivity contribution in [2.24, 2.45) is 0 Å². The molecule has 0 spiro atoms. The summed E-state index contributed by atoms with van der Waals surface area (Å²) in [4.78, 5) is 0. The van der Waals surface area contributed by atoms with E-state index in [1.807, 2.05) is 31.2 Å². The first-order valence-electron chi connectivity index (χ1n) is 5.42. The number of hydrogen-bond acceptors (Lipinski definition) is 2. The first kappa shape index (κ1) is 12.1. The lowest BCUT2D eigenvalue weighted by Gasteiger charge is -2.15. The third-order valence-corrected chi connectivity index (χ3v) is 2.08. The molecule has 2 nitrogen and oxygen atoms in total. The highest BCUT2D eigenvalue weighted by atomic mass is 16.7. The molecule has 2 heteroatoms. The molecule has 0 aliphatic rings. The van der Waals surface area contributed by atoms with Crippen molar-refractivity contribution >= 4 is 0 Å². The molecule has 83 valence electrons. The maximum Gasteiger partial charge on any atom is 0.196 e. The number of hydrogen-bond donors (Lipinski definition) is 0. The van der Waals surface area contributed by atoms with E-state index in [-0.39, 0.29) is 6.29 Å². The molecule has 0 saturated carbocycles. The second-order valence-electron chi connectivity index (χ2n) is 3.55. The number of rotatable bonds is 6. The summed E-state index contributed by atoms with van der Waals surface area (Å²) in [5.74, 6) is 0.825. The van der Waals surface area contributed by atoms with Crippen molar-refractivity contribution in [2.75, 3.05) is 6.61 Å². The SMILES string of the molecule is [CH2]c1ccc(OC(C)OCCCC)cc1. The zero-order chi connectivity index (χ0) is 11.1. The third kappa shape index (κ3) is 4.84. The van der Waals surface area contributed by atoms with Gasteiger partial charge in [-0.1, -0.05) is 25.5 Å². The van der Waals surface area contributed by atoms with Crippen LogP contribution in [0.5, 0.6) is 5.75 Å². The van der Waals surface area contributed by atoms with E-state index in [9.17, 15) is 0 Å². The average Bonchev–Trinajstić information content (AvgIpc) is 2.22. The molecule has 0 heterocycles. The summed E-state index contributed by atoms with van der Waals surface area (Å²) >= 11 is 0. The summed E-state index contributed by atoms with van der Waals surface area (Å²) in [5, 5.41) is 0. The van der Waals surface area contributed by atoms with E-state index in [0.717, 1.165) is 30.8 Å². The minimum absolute atomic E-state index is 0.188. The summed E-state index contributed by atoms with van der Waals surface area (Å²) in [6.07, 6.45) is 2.03. The summed E-state index contributed by atoms with van der Waals surface area (Å²) in [6.45, 7) is 8.62. The predicted octanol–water partition coefficient (Wildman–Crippen LogP) is 3.41. The topological polar surface area (TPSA) is 18.5 Å². The van der Waals surface area contributed by atoms with Crippen LogP contribution < -0.4 is 4.74 Å². The van der Waals surface area contributed by atoms with Crippen molar-refractivity contribution in [3.05, 3.63) is 36.8 Å². The molecular weight excluding hydrogens is 188 g/mol. The van der Waals surface area contributed by atoms with Crippen LogP contribution in [0, 0.1) is 6.92 Å². The van der Waals surface area contributed by atoms with Crippen LogP contribution in [0.4, 0.5) is 0 Å². The van der Waals surface area contributed by atoms with Gasteiger partial charge < -0.3 is 9.47 Å². The van der Waals surface area contributed by atoms with Gasteiger partial charge in [-0.3, -0.25) is 0 Å². The highest BCUT2D eigenvalue weighted by Crippen LogP contribution is 2.13. The van der Waals surface area contributed by atoms with Gasteiger partial charge >= 0.3 is 0 Å². The van der Waals surface area contributed by atoms with Gasteiger partial charge in [0.05, 0.1) is 6.61 Å². The zero-order valence-corrected chi connectivity index (χ0v) is 9.53. The fourth-order valence-electron chi connectivity index (χ4n) is 1.19. The Balaban J connectivity index is 2.31. The van der Waals surface area contributed by atoms with Gasteiger partial charge in [-0.25, -0.2) is 0 Å². The van der Waals surface area contributed by atoms with Crippen LogP contribution >= 0.6 is 0 Å².